The van der Waals surface area contributed by atoms with Crippen LogP contribution >= 0.6 is 0 Å². The number of amides is 1. The average molecular weight is 376 g/mol. The largest absolute Gasteiger partial charge is 0.483 e. The molecule has 0 atom stereocenters. The van der Waals surface area contributed by atoms with Gasteiger partial charge in [-0.15, -0.1) is 0 Å². The van der Waals surface area contributed by atoms with E-state index in [1.54, 1.807) is 12.1 Å². The Morgan fingerprint density at radius 2 is 1.65 bits per heavy atom. The van der Waals surface area contributed by atoms with Crippen molar-refractivity contribution in [1.82, 2.24) is 5.32 Å². The maximum Gasteiger partial charge on any atom is 0.257 e. The van der Waals surface area contributed by atoms with E-state index in [1.807, 2.05) is 32.9 Å². The minimum atomic E-state index is -3.68. The summed E-state index contributed by atoms with van der Waals surface area (Å²) in [5.41, 5.74) is 4.21. The molecule has 0 aliphatic rings. The molecule has 1 amide bonds. The van der Waals surface area contributed by atoms with E-state index in [4.69, 9.17) is 9.88 Å². The molecule has 0 spiro atoms. The SMILES string of the molecule is Cc1cc(C)c(OCC(=O)NCCc2ccc(S(N)(=O)=O)cc2)cc1C. The van der Waals surface area contributed by atoms with Crippen LogP contribution in [0.15, 0.2) is 41.3 Å². The summed E-state index contributed by atoms with van der Waals surface area (Å²) in [6.07, 6.45) is 0.583. The third-order valence-electron chi connectivity index (χ3n) is 4.14. The molecule has 140 valence electrons. The molecule has 0 saturated carbocycles. The Morgan fingerprint density at radius 3 is 2.27 bits per heavy atom. The molecule has 0 aliphatic carbocycles. The zero-order valence-corrected chi connectivity index (χ0v) is 16.0. The normalized spacial score (nSPS) is 11.2. The van der Waals surface area contributed by atoms with Crippen molar-refractivity contribution >= 4 is 15.9 Å². The molecule has 2 aromatic carbocycles. The Bertz CT molecular complexity index is 891. The number of nitrogens with one attached hydrogen (secondary N) is 1. The van der Waals surface area contributed by atoms with Crippen LogP contribution in [0.25, 0.3) is 0 Å². The second kappa shape index (κ2) is 8.33. The van der Waals surface area contributed by atoms with Crippen LogP contribution < -0.4 is 15.2 Å². The summed E-state index contributed by atoms with van der Waals surface area (Å²) in [6, 6.07) is 10.2. The van der Waals surface area contributed by atoms with Gasteiger partial charge in [0.25, 0.3) is 5.91 Å². The van der Waals surface area contributed by atoms with Gasteiger partial charge in [0.15, 0.2) is 6.61 Å². The topological polar surface area (TPSA) is 98.5 Å². The summed E-state index contributed by atoms with van der Waals surface area (Å²) in [5.74, 6) is 0.505. The quantitative estimate of drug-likeness (QED) is 0.772. The van der Waals surface area contributed by atoms with Gasteiger partial charge in [-0.2, -0.15) is 0 Å². The van der Waals surface area contributed by atoms with Gasteiger partial charge >= 0.3 is 0 Å². The van der Waals surface area contributed by atoms with E-state index in [0.717, 1.165) is 16.7 Å². The monoisotopic (exact) mass is 376 g/mol. The first kappa shape index (κ1) is 19.9. The number of benzene rings is 2. The number of carbonyl (C=O) groups excluding carboxylic acids is 1. The van der Waals surface area contributed by atoms with Crippen LogP contribution in [0, 0.1) is 20.8 Å². The van der Waals surface area contributed by atoms with E-state index >= 15 is 0 Å². The summed E-state index contributed by atoms with van der Waals surface area (Å²) in [4.78, 5) is 12.0. The van der Waals surface area contributed by atoms with Crippen molar-refractivity contribution in [1.29, 1.82) is 0 Å². The first-order valence-electron chi connectivity index (χ1n) is 8.26. The molecule has 0 aromatic heterocycles. The summed E-state index contributed by atoms with van der Waals surface area (Å²) < 4.78 is 28.0. The standard InChI is InChI=1S/C19H24N2O4S/c1-13-10-15(3)18(11-14(13)2)25-12-19(22)21-9-8-16-4-6-17(7-5-16)26(20,23)24/h4-7,10-11H,8-9,12H2,1-3H3,(H,21,22)(H2,20,23,24). The molecule has 0 saturated heterocycles. The molecule has 26 heavy (non-hydrogen) atoms. The summed E-state index contributed by atoms with van der Waals surface area (Å²) in [5, 5.41) is 7.84. The molecule has 3 N–H and O–H groups in total. The van der Waals surface area contributed by atoms with E-state index in [9.17, 15) is 13.2 Å². The molecule has 7 heteroatoms. The predicted molar refractivity (Wildman–Crippen MR) is 101 cm³/mol. The molecular formula is C19H24N2O4S. The minimum Gasteiger partial charge on any atom is -0.483 e. The lowest BCUT2D eigenvalue weighted by atomic mass is 10.1. The Morgan fingerprint density at radius 1 is 1.04 bits per heavy atom. The fourth-order valence-electron chi connectivity index (χ4n) is 2.48. The minimum absolute atomic E-state index is 0.0479. The molecule has 0 fully saturated rings. The van der Waals surface area contributed by atoms with E-state index < -0.39 is 10.0 Å². The highest BCUT2D eigenvalue weighted by molar-refractivity contribution is 7.89. The second-order valence-corrected chi connectivity index (χ2v) is 7.84. The van der Waals surface area contributed by atoms with Crippen LogP contribution in [0.3, 0.4) is 0 Å². The molecule has 2 rings (SSSR count). The van der Waals surface area contributed by atoms with Crippen molar-refractivity contribution in [3.05, 3.63) is 58.7 Å². The van der Waals surface area contributed by atoms with Gasteiger partial charge in [0, 0.05) is 6.54 Å². The number of hydrogen-bond acceptors (Lipinski definition) is 4. The molecule has 6 nitrogen and oxygen atoms in total. The maximum atomic E-state index is 11.9. The number of nitrogens with two attached hydrogens (primary N) is 1. The van der Waals surface area contributed by atoms with Crippen LogP contribution in [0.1, 0.15) is 22.3 Å². The lowest BCUT2D eigenvalue weighted by molar-refractivity contribution is -0.123. The highest BCUT2D eigenvalue weighted by atomic mass is 32.2. The Hall–Kier alpha value is -2.38. The van der Waals surface area contributed by atoms with Gasteiger partial charge in [0.2, 0.25) is 10.0 Å². The Labute approximate surface area is 154 Å². The number of carbonyl (C=O) groups is 1. The van der Waals surface area contributed by atoms with Gasteiger partial charge in [0.05, 0.1) is 4.90 Å². The van der Waals surface area contributed by atoms with Crippen molar-refractivity contribution in [2.24, 2.45) is 5.14 Å². The molecule has 0 radical (unpaired) electrons. The predicted octanol–water partition coefficient (Wildman–Crippen LogP) is 2.00. The zero-order valence-electron chi connectivity index (χ0n) is 15.2. The third-order valence-corrected chi connectivity index (χ3v) is 5.07. The van der Waals surface area contributed by atoms with Crippen LogP contribution in [-0.4, -0.2) is 27.5 Å². The van der Waals surface area contributed by atoms with E-state index in [0.29, 0.717) is 18.7 Å². The van der Waals surface area contributed by atoms with Crippen LogP contribution in [-0.2, 0) is 21.2 Å². The maximum absolute atomic E-state index is 11.9. The van der Waals surface area contributed by atoms with E-state index in [-0.39, 0.29) is 17.4 Å². The lowest BCUT2D eigenvalue weighted by Gasteiger charge is -2.12. The van der Waals surface area contributed by atoms with E-state index in [2.05, 4.69) is 5.32 Å². The molecule has 0 heterocycles. The number of ether oxygens (including phenoxy) is 1. The van der Waals surface area contributed by atoms with Crippen LogP contribution in [0.5, 0.6) is 5.75 Å². The average Bonchev–Trinajstić information content (AvgIpc) is 2.56. The fraction of sp³-hybridized carbons (Fsp3) is 0.316. The summed E-state index contributed by atoms with van der Waals surface area (Å²) in [6.45, 7) is 6.37. The first-order chi connectivity index (χ1) is 12.2. The molecule has 0 unspecified atom stereocenters. The fourth-order valence-corrected chi connectivity index (χ4v) is 2.99. The second-order valence-electron chi connectivity index (χ2n) is 6.28. The van der Waals surface area contributed by atoms with Gasteiger partial charge < -0.3 is 10.1 Å². The highest BCUT2D eigenvalue weighted by Gasteiger charge is 2.08. The molecule has 0 aliphatic heterocycles. The third kappa shape index (κ3) is 5.57. The molecular weight excluding hydrogens is 352 g/mol. The van der Waals surface area contributed by atoms with Gasteiger partial charge in [-0.3, -0.25) is 4.79 Å². The number of primary sulfonamides is 1. The van der Waals surface area contributed by atoms with Crippen molar-refractivity contribution in [2.75, 3.05) is 13.2 Å². The number of hydrogen-bond donors (Lipinski definition) is 2. The summed E-state index contributed by atoms with van der Waals surface area (Å²) in [7, 11) is -3.68. The van der Waals surface area contributed by atoms with Crippen molar-refractivity contribution in [3.63, 3.8) is 0 Å². The van der Waals surface area contributed by atoms with Crippen molar-refractivity contribution in [2.45, 2.75) is 32.1 Å². The molecule has 2 aromatic rings. The van der Waals surface area contributed by atoms with Crippen LogP contribution in [0.2, 0.25) is 0 Å². The zero-order chi connectivity index (χ0) is 19.3. The Kier molecular flexibility index (Phi) is 6.39. The number of aryl methyl sites for hydroxylation is 3. The van der Waals surface area contributed by atoms with Crippen molar-refractivity contribution in [3.8, 4) is 5.75 Å². The van der Waals surface area contributed by atoms with E-state index in [1.165, 1.54) is 17.7 Å². The highest BCUT2D eigenvalue weighted by Crippen LogP contribution is 2.22. The smallest absolute Gasteiger partial charge is 0.257 e. The van der Waals surface area contributed by atoms with Gasteiger partial charge in [-0.05, 0) is 67.6 Å². The van der Waals surface area contributed by atoms with Gasteiger partial charge in [-0.25, -0.2) is 13.6 Å². The van der Waals surface area contributed by atoms with Gasteiger partial charge in [-0.1, -0.05) is 18.2 Å². The molecule has 0 bridgehead atoms. The number of sulfonamides is 1. The Balaban J connectivity index is 1.80. The first-order valence-corrected chi connectivity index (χ1v) is 9.80. The summed E-state index contributed by atoms with van der Waals surface area (Å²) >= 11 is 0. The van der Waals surface area contributed by atoms with Gasteiger partial charge in [0.1, 0.15) is 5.75 Å². The number of rotatable bonds is 7. The van der Waals surface area contributed by atoms with Crippen LogP contribution in [0.4, 0.5) is 0 Å². The van der Waals surface area contributed by atoms with Crippen molar-refractivity contribution < 1.29 is 17.9 Å². The lowest BCUT2D eigenvalue weighted by Crippen LogP contribution is -2.30.